The summed E-state index contributed by atoms with van der Waals surface area (Å²) < 4.78 is 40.3. The van der Waals surface area contributed by atoms with Crippen molar-refractivity contribution in [2.75, 3.05) is 20.2 Å². The molecule has 0 spiro atoms. The molecule has 0 aliphatic carbocycles. The van der Waals surface area contributed by atoms with Crippen LogP contribution in [0.15, 0.2) is 51.9 Å². The molecule has 6 nitrogen and oxygen atoms in total. The SMILES string of the molecule is CN(CCCO)C(=O)c1ccc(-c2cccn3c(=O)c(Br)c(C(F)(F)F)nc23)cc1. The number of pyridine rings is 1. The van der Waals surface area contributed by atoms with Gasteiger partial charge in [-0.15, -0.1) is 0 Å². The number of rotatable bonds is 5. The Morgan fingerprint density at radius 2 is 1.90 bits per heavy atom. The highest BCUT2D eigenvalue weighted by Crippen LogP contribution is 2.33. The minimum atomic E-state index is -4.80. The number of carbonyl (C=O) groups is 1. The molecular weight excluding hydrogens is 467 g/mol. The summed E-state index contributed by atoms with van der Waals surface area (Å²) in [7, 11) is 1.61. The number of alkyl halides is 3. The van der Waals surface area contributed by atoms with Crippen molar-refractivity contribution < 1.29 is 23.1 Å². The van der Waals surface area contributed by atoms with Crippen molar-refractivity contribution in [1.82, 2.24) is 14.3 Å². The number of nitrogens with zero attached hydrogens (tertiary/aromatic N) is 3. The number of fused-ring (bicyclic) bond motifs is 1. The molecule has 1 aromatic carbocycles. The summed E-state index contributed by atoms with van der Waals surface area (Å²) in [5, 5.41) is 8.88. The van der Waals surface area contributed by atoms with E-state index in [4.69, 9.17) is 5.11 Å². The zero-order valence-corrected chi connectivity index (χ0v) is 17.4. The first-order valence-corrected chi connectivity index (χ1v) is 9.69. The van der Waals surface area contributed by atoms with E-state index in [2.05, 4.69) is 20.9 Å². The van der Waals surface area contributed by atoms with Gasteiger partial charge >= 0.3 is 6.18 Å². The van der Waals surface area contributed by atoms with Crippen molar-refractivity contribution in [3.8, 4) is 11.1 Å². The maximum absolute atomic E-state index is 13.3. The summed E-state index contributed by atoms with van der Waals surface area (Å²) in [4.78, 5) is 30.0. The number of benzene rings is 1. The molecule has 0 saturated heterocycles. The van der Waals surface area contributed by atoms with Crippen LogP contribution < -0.4 is 5.56 Å². The Morgan fingerprint density at radius 1 is 1.23 bits per heavy atom. The summed E-state index contributed by atoms with van der Waals surface area (Å²) in [5.74, 6) is -0.245. The third-order valence-electron chi connectivity index (χ3n) is 4.51. The van der Waals surface area contributed by atoms with Crippen molar-refractivity contribution in [3.63, 3.8) is 0 Å². The Bertz CT molecular complexity index is 1140. The van der Waals surface area contributed by atoms with E-state index < -0.39 is 21.9 Å². The van der Waals surface area contributed by atoms with Gasteiger partial charge in [0.05, 0.1) is 0 Å². The van der Waals surface area contributed by atoms with E-state index in [1.54, 1.807) is 37.4 Å². The molecule has 0 bridgehead atoms. The molecule has 0 saturated carbocycles. The zero-order valence-electron chi connectivity index (χ0n) is 15.8. The monoisotopic (exact) mass is 483 g/mol. The summed E-state index contributed by atoms with van der Waals surface area (Å²) in [6.07, 6.45) is -3.00. The second-order valence-electron chi connectivity index (χ2n) is 6.57. The van der Waals surface area contributed by atoms with Crippen molar-refractivity contribution in [2.45, 2.75) is 12.6 Å². The van der Waals surface area contributed by atoms with Gasteiger partial charge in [0.15, 0.2) is 5.69 Å². The zero-order chi connectivity index (χ0) is 22.1. The standard InChI is InChI=1S/C20H17BrF3N3O3/c1-26(9-3-11-28)18(29)13-7-5-12(6-8-13)14-4-2-10-27-17(14)25-16(20(22,23)24)15(21)19(27)30/h2,4-8,10,28H,3,9,11H2,1H3. The molecule has 30 heavy (non-hydrogen) atoms. The number of hydrogen-bond donors (Lipinski definition) is 1. The van der Waals surface area contributed by atoms with Crippen LogP contribution in [0, 0.1) is 0 Å². The average molecular weight is 484 g/mol. The van der Waals surface area contributed by atoms with E-state index in [1.807, 2.05) is 0 Å². The largest absolute Gasteiger partial charge is 0.434 e. The number of aliphatic hydroxyl groups excluding tert-OH is 1. The Hall–Kier alpha value is -2.72. The van der Waals surface area contributed by atoms with Gasteiger partial charge in [0.25, 0.3) is 11.5 Å². The molecule has 1 N–H and O–H groups in total. The molecule has 10 heteroatoms. The molecular formula is C20H17BrF3N3O3. The number of carbonyl (C=O) groups excluding carboxylic acids is 1. The first-order chi connectivity index (χ1) is 14.1. The van der Waals surface area contributed by atoms with Crippen LogP contribution in [-0.2, 0) is 6.18 Å². The second-order valence-corrected chi connectivity index (χ2v) is 7.37. The molecule has 2 aromatic heterocycles. The van der Waals surface area contributed by atoms with Crippen LogP contribution in [0.3, 0.4) is 0 Å². The second kappa shape index (κ2) is 8.57. The highest BCUT2D eigenvalue weighted by Gasteiger charge is 2.37. The summed E-state index contributed by atoms with van der Waals surface area (Å²) in [5.41, 5.74) is -1.09. The smallest absolute Gasteiger partial charge is 0.396 e. The molecule has 0 aliphatic heterocycles. The summed E-state index contributed by atoms with van der Waals surface area (Å²) in [6.45, 7) is 0.363. The molecule has 1 amide bonds. The predicted molar refractivity (Wildman–Crippen MR) is 108 cm³/mol. The number of amides is 1. The Labute approximate surface area is 177 Å². The van der Waals surface area contributed by atoms with Gasteiger partial charge in [0, 0.05) is 37.5 Å². The predicted octanol–water partition coefficient (Wildman–Crippen LogP) is 3.60. The molecule has 3 rings (SSSR count). The summed E-state index contributed by atoms with van der Waals surface area (Å²) in [6, 6.07) is 9.37. The van der Waals surface area contributed by atoms with E-state index in [1.165, 1.54) is 17.2 Å². The molecule has 158 valence electrons. The first-order valence-electron chi connectivity index (χ1n) is 8.90. The van der Waals surface area contributed by atoms with E-state index in [0.29, 0.717) is 29.7 Å². The molecule has 0 unspecified atom stereocenters. The van der Waals surface area contributed by atoms with Gasteiger partial charge in [0.2, 0.25) is 0 Å². The number of aromatic nitrogens is 2. The Kier molecular flexibility index (Phi) is 6.27. The van der Waals surface area contributed by atoms with Crippen LogP contribution >= 0.6 is 15.9 Å². The van der Waals surface area contributed by atoms with Gasteiger partial charge in [-0.25, -0.2) is 4.98 Å². The molecule has 2 heterocycles. The van der Waals surface area contributed by atoms with Crippen LogP contribution in [0.25, 0.3) is 16.8 Å². The lowest BCUT2D eigenvalue weighted by Crippen LogP contribution is -2.28. The Morgan fingerprint density at radius 3 is 2.50 bits per heavy atom. The highest BCUT2D eigenvalue weighted by molar-refractivity contribution is 9.10. The van der Waals surface area contributed by atoms with E-state index in [9.17, 15) is 22.8 Å². The highest BCUT2D eigenvalue weighted by atomic mass is 79.9. The summed E-state index contributed by atoms with van der Waals surface area (Å²) >= 11 is 2.70. The minimum Gasteiger partial charge on any atom is -0.396 e. The van der Waals surface area contributed by atoms with Crippen molar-refractivity contribution >= 4 is 27.5 Å². The molecule has 0 radical (unpaired) electrons. The van der Waals surface area contributed by atoms with Crippen molar-refractivity contribution in [3.05, 3.63) is 68.7 Å². The lowest BCUT2D eigenvalue weighted by atomic mass is 10.0. The van der Waals surface area contributed by atoms with Gasteiger partial charge in [-0.3, -0.25) is 14.0 Å². The quantitative estimate of drug-likeness (QED) is 0.601. The maximum Gasteiger partial charge on any atom is 0.434 e. The fraction of sp³-hybridized carbons (Fsp3) is 0.250. The third-order valence-corrected chi connectivity index (χ3v) is 5.22. The maximum atomic E-state index is 13.3. The fourth-order valence-corrected chi connectivity index (χ4v) is 3.48. The van der Waals surface area contributed by atoms with Crippen LogP contribution in [0.1, 0.15) is 22.5 Å². The topological polar surface area (TPSA) is 74.9 Å². The van der Waals surface area contributed by atoms with Gasteiger partial charge in [-0.2, -0.15) is 13.2 Å². The van der Waals surface area contributed by atoms with Crippen molar-refractivity contribution in [2.24, 2.45) is 0 Å². The van der Waals surface area contributed by atoms with Gasteiger partial charge in [0.1, 0.15) is 10.1 Å². The number of aliphatic hydroxyl groups is 1. The average Bonchev–Trinajstić information content (AvgIpc) is 2.72. The van der Waals surface area contributed by atoms with Crippen LogP contribution in [-0.4, -0.2) is 45.5 Å². The number of halogens is 4. The van der Waals surface area contributed by atoms with Gasteiger partial charge < -0.3 is 10.0 Å². The normalized spacial score (nSPS) is 11.7. The minimum absolute atomic E-state index is 0.0277. The lowest BCUT2D eigenvalue weighted by molar-refractivity contribution is -0.141. The van der Waals surface area contributed by atoms with Gasteiger partial charge in [-0.1, -0.05) is 12.1 Å². The molecule has 0 atom stereocenters. The molecule has 0 fully saturated rings. The number of hydrogen-bond acceptors (Lipinski definition) is 4. The van der Waals surface area contributed by atoms with E-state index in [0.717, 1.165) is 4.40 Å². The third kappa shape index (κ3) is 4.24. The van der Waals surface area contributed by atoms with Crippen LogP contribution in [0.5, 0.6) is 0 Å². The first kappa shape index (κ1) is 22.0. The lowest BCUT2D eigenvalue weighted by Gasteiger charge is -2.17. The Balaban J connectivity index is 2.06. The van der Waals surface area contributed by atoms with E-state index in [-0.39, 0.29) is 18.2 Å². The fourth-order valence-electron chi connectivity index (χ4n) is 2.98. The van der Waals surface area contributed by atoms with E-state index >= 15 is 0 Å². The van der Waals surface area contributed by atoms with Crippen LogP contribution in [0.2, 0.25) is 0 Å². The van der Waals surface area contributed by atoms with Crippen LogP contribution in [0.4, 0.5) is 13.2 Å². The van der Waals surface area contributed by atoms with Gasteiger partial charge in [-0.05, 0) is 52.2 Å². The molecule has 0 aliphatic rings. The van der Waals surface area contributed by atoms with Crippen molar-refractivity contribution in [1.29, 1.82) is 0 Å². The molecule has 3 aromatic rings.